The third-order valence-corrected chi connectivity index (χ3v) is 33.6. The Hall–Kier alpha value is 0.0682. The number of phenolic OH excluding ortho intramolecular Hbond substituents is 1. The number of hydrogen-bond acceptors (Lipinski definition) is 7. The molecular formula is C26H57FO7Si7. The molecule has 0 aliphatic carbocycles. The number of benzene rings is 1. The molecule has 2 radical (unpaired) electrons. The molecule has 7 nitrogen and oxygen atoms in total. The van der Waals surface area contributed by atoms with Crippen molar-refractivity contribution < 1.29 is 34.8 Å². The van der Waals surface area contributed by atoms with Crippen molar-refractivity contribution in [1.29, 1.82) is 0 Å². The van der Waals surface area contributed by atoms with Crippen molar-refractivity contribution in [2.75, 3.05) is 6.61 Å². The lowest BCUT2D eigenvalue weighted by Gasteiger charge is -2.41. The summed E-state index contributed by atoms with van der Waals surface area (Å²) < 4.78 is 52.1. The second-order valence-corrected chi connectivity index (χ2v) is 40.6. The Morgan fingerprint density at radius 2 is 1.24 bits per heavy atom. The molecule has 1 aromatic rings. The first-order chi connectivity index (χ1) is 18.5. The summed E-state index contributed by atoms with van der Waals surface area (Å²) in [4.78, 5) is 0. The average molecular weight is 697 g/mol. The van der Waals surface area contributed by atoms with Gasteiger partial charge in [0, 0.05) is 6.07 Å². The van der Waals surface area contributed by atoms with Crippen molar-refractivity contribution in [2.45, 2.75) is 123 Å². The Morgan fingerprint density at radius 3 is 1.80 bits per heavy atom. The van der Waals surface area contributed by atoms with Crippen LogP contribution in [0.25, 0.3) is 0 Å². The van der Waals surface area contributed by atoms with Crippen LogP contribution in [-0.2, 0) is 20.6 Å². The van der Waals surface area contributed by atoms with E-state index >= 15 is 0 Å². The van der Waals surface area contributed by atoms with Gasteiger partial charge in [-0.2, -0.15) is 0 Å². The van der Waals surface area contributed by atoms with Gasteiger partial charge in [-0.25, -0.2) is 4.39 Å². The van der Waals surface area contributed by atoms with Crippen LogP contribution < -0.4 is 4.74 Å². The van der Waals surface area contributed by atoms with Crippen molar-refractivity contribution in [3.63, 3.8) is 0 Å². The summed E-state index contributed by atoms with van der Waals surface area (Å²) in [7, 11) is -12.4. The molecule has 0 atom stereocenters. The molecule has 0 saturated heterocycles. The van der Waals surface area contributed by atoms with Crippen LogP contribution in [0, 0.1) is 5.82 Å². The predicted molar refractivity (Wildman–Crippen MR) is 184 cm³/mol. The highest BCUT2D eigenvalue weighted by molar-refractivity contribution is 6.95. The second kappa shape index (κ2) is 15.9. The maximum Gasteiger partial charge on any atom is 0.411 e. The van der Waals surface area contributed by atoms with Crippen LogP contribution in [-0.4, -0.2) is 72.1 Å². The van der Waals surface area contributed by atoms with Gasteiger partial charge in [0.2, 0.25) is 0 Å². The van der Waals surface area contributed by atoms with E-state index in [-0.39, 0.29) is 15.8 Å². The van der Waals surface area contributed by atoms with Gasteiger partial charge in [-0.15, -0.1) is 0 Å². The van der Waals surface area contributed by atoms with Crippen molar-refractivity contribution in [3.05, 3.63) is 24.0 Å². The normalized spacial score (nSPS) is 14.0. The second-order valence-electron chi connectivity index (χ2n) is 14.3. The largest absolute Gasteiger partial charge is 0.505 e. The van der Waals surface area contributed by atoms with Gasteiger partial charge in [0.15, 0.2) is 44.8 Å². The molecule has 0 unspecified atom stereocenters. The van der Waals surface area contributed by atoms with E-state index in [0.29, 0.717) is 12.4 Å². The zero-order valence-corrected chi connectivity index (χ0v) is 35.0. The first-order valence-corrected chi connectivity index (χ1v) is 33.7. The lowest BCUT2D eigenvalue weighted by atomic mass is 10.3. The Morgan fingerprint density at radius 1 is 0.707 bits per heavy atom. The summed E-state index contributed by atoms with van der Waals surface area (Å²) >= 11 is 0. The van der Waals surface area contributed by atoms with Gasteiger partial charge in [0.05, 0.1) is 6.61 Å². The Labute approximate surface area is 258 Å². The third-order valence-electron chi connectivity index (χ3n) is 6.27. The Balaban J connectivity index is 2.56. The van der Waals surface area contributed by atoms with Crippen LogP contribution in [0.1, 0.15) is 26.2 Å². The summed E-state index contributed by atoms with van der Waals surface area (Å²) in [5.41, 5.74) is 0.967. The molecule has 0 bridgehead atoms. The van der Waals surface area contributed by atoms with Gasteiger partial charge < -0.3 is 30.4 Å². The molecule has 0 aromatic heterocycles. The third kappa shape index (κ3) is 17.2. The smallest absolute Gasteiger partial charge is 0.411 e. The molecule has 1 rings (SSSR count). The average Bonchev–Trinajstić information content (AvgIpc) is 2.74. The van der Waals surface area contributed by atoms with Gasteiger partial charge in [0.1, 0.15) is 5.75 Å². The number of phenols is 1. The van der Waals surface area contributed by atoms with Crippen molar-refractivity contribution >= 4 is 60.4 Å². The number of ether oxygens (including phenoxy) is 1. The van der Waals surface area contributed by atoms with Crippen LogP contribution >= 0.6 is 0 Å². The lowest BCUT2D eigenvalue weighted by molar-refractivity contribution is 0.310. The maximum absolute atomic E-state index is 13.5. The van der Waals surface area contributed by atoms with E-state index in [1.807, 2.05) is 0 Å². The lowest BCUT2D eigenvalue weighted by Crippen LogP contribution is -2.55. The zero-order chi connectivity index (χ0) is 31.8. The van der Waals surface area contributed by atoms with Crippen LogP contribution in [0.3, 0.4) is 0 Å². The molecule has 1 aromatic carbocycles. The van der Waals surface area contributed by atoms with E-state index in [1.54, 1.807) is 6.07 Å². The topological polar surface area (TPSA) is 75.6 Å². The molecule has 0 spiro atoms. The molecule has 0 heterocycles. The molecule has 15 heteroatoms. The molecule has 41 heavy (non-hydrogen) atoms. The van der Waals surface area contributed by atoms with Gasteiger partial charge in [-0.05, 0) is 115 Å². The maximum atomic E-state index is 13.5. The van der Waals surface area contributed by atoms with Gasteiger partial charge in [-0.1, -0.05) is 19.8 Å². The van der Waals surface area contributed by atoms with E-state index in [1.165, 1.54) is 31.0 Å². The zero-order valence-electron chi connectivity index (χ0n) is 28.0. The minimum Gasteiger partial charge on any atom is -0.505 e. The minimum absolute atomic E-state index is 0.00512. The van der Waals surface area contributed by atoms with Crippen LogP contribution in [0.15, 0.2) is 18.2 Å². The minimum atomic E-state index is -2.38. The molecule has 0 aliphatic heterocycles. The van der Waals surface area contributed by atoms with E-state index < -0.39 is 56.2 Å². The highest BCUT2D eigenvalue weighted by atomic mass is 28.5. The standard InChI is InChI=1S/C26H57FO7Si7/c1-14-15-20-36(2,3)32-40(10,11)31-35-30-38(6,7)23-39(8,9)34-41(12,13)33-37(4,5)21-16-19-29-24-17-18-26(28)25(27)22-24/h17-18,22,28H,14-16,19-21,23H2,1-13H3. The van der Waals surface area contributed by atoms with Crippen LogP contribution in [0.2, 0.25) is 96.3 Å². The van der Waals surface area contributed by atoms with Crippen LogP contribution in [0.4, 0.5) is 4.39 Å². The monoisotopic (exact) mass is 696 g/mol. The Kier molecular flexibility index (Phi) is 15.1. The van der Waals surface area contributed by atoms with Crippen molar-refractivity contribution in [1.82, 2.24) is 0 Å². The summed E-state index contributed by atoms with van der Waals surface area (Å²) in [5, 5.41) is 9.34. The fraction of sp³-hybridized carbons (Fsp3) is 0.769. The molecule has 1 N–H and O–H groups in total. The van der Waals surface area contributed by atoms with E-state index in [2.05, 4.69) is 85.5 Å². The first-order valence-electron chi connectivity index (χ1n) is 14.8. The summed E-state index contributed by atoms with van der Waals surface area (Å²) in [6.45, 7) is 29.4. The first kappa shape index (κ1) is 39.1. The summed E-state index contributed by atoms with van der Waals surface area (Å²) in [6.07, 6.45) is 3.21. The molecular weight excluding hydrogens is 640 g/mol. The number of aromatic hydroxyl groups is 1. The number of halogens is 1. The predicted octanol–water partition coefficient (Wildman–Crippen LogP) is 8.48. The highest BCUT2D eigenvalue weighted by Gasteiger charge is 2.43. The Bertz CT molecular complexity index is 947. The van der Waals surface area contributed by atoms with Crippen LogP contribution in [0.5, 0.6) is 11.5 Å². The number of unbranched alkanes of at least 4 members (excludes halogenated alkanes) is 1. The van der Waals surface area contributed by atoms with E-state index in [9.17, 15) is 9.50 Å². The fourth-order valence-electron chi connectivity index (χ4n) is 5.34. The highest BCUT2D eigenvalue weighted by Crippen LogP contribution is 2.29. The molecule has 0 fully saturated rings. The van der Waals surface area contributed by atoms with Crippen molar-refractivity contribution in [2.24, 2.45) is 0 Å². The van der Waals surface area contributed by atoms with Crippen molar-refractivity contribution in [3.8, 4) is 11.5 Å². The van der Waals surface area contributed by atoms with Gasteiger partial charge in [-0.3, -0.25) is 0 Å². The fourth-order valence-corrected chi connectivity index (χ4v) is 37.7. The van der Waals surface area contributed by atoms with E-state index in [0.717, 1.165) is 18.1 Å². The number of hydrogen-bond donors (Lipinski definition) is 1. The summed E-state index contributed by atoms with van der Waals surface area (Å²) in [5.74, 6) is -0.629. The van der Waals surface area contributed by atoms with E-state index in [4.69, 9.17) is 25.3 Å². The SMILES string of the molecule is CCCC[Si](C)(C)O[Si](C)(C)O[Si]O[Si](C)(C)C[Si](C)(C)O[Si](C)(C)O[Si](C)(C)CCCOc1ccc(O)c(F)c1. The molecule has 0 aliphatic rings. The molecule has 0 saturated carbocycles. The van der Waals surface area contributed by atoms with Gasteiger partial charge >= 0.3 is 27.1 Å². The quantitative estimate of drug-likeness (QED) is 0.108. The molecule has 0 amide bonds. The number of rotatable bonds is 20. The summed E-state index contributed by atoms with van der Waals surface area (Å²) in [6, 6.07) is 6.17. The molecule has 238 valence electrons. The van der Waals surface area contributed by atoms with Gasteiger partial charge in [0.25, 0.3) is 0 Å².